The Labute approximate surface area is 160 Å². The number of hydrogen-bond acceptors (Lipinski definition) is 4. The molecule has 3 aromatic rings. The molecule has 0 spiro atoms. The summed E-state index contributed by atoms with van der Waals surface area (Å²) in [4.78, 5) is 12.1. The zero-order chi connectivity index (χ0) is 18.7. The van der Waals surface area contributed by atoms with Gasteiger partial charge in [0.2, 0.25) is 5.78 Å². The minimum absolute atomic E-state index is 0.207. The van der Waals surface area contributed by atoms with Crippen molar-refractivity contribution >= 4 is 35.1 Å². The Kier molecular flexibility index (Phi) is 5.49. The highest BCUT2D eigenvalue weighted by atomic mass is 35.5. The Morgan fingerprint density at radius 3 is 2.77 bits per heavy atom. The first kappa shape index (κ1) is 18.3. The minimum Gasteiger partial charge on any atom is -0.486 e. The van der Waals surface area contributed by atoms with Gasteiger partial charge in [0, 0.05) is 18.3 Å². The van der Waals surface area contributed by atoms with Crippen LogP contribution in [0.2, 0.25) is 10.0 Å². The van der Waals surface area contributed by atoms with Gasteiger partial charge in [-0.15, -0.1) is 0 Å². The molecule has 0 unspecified atom stereocenters. The molecule has 0 atom stereocenters. The van der Waals surface area contributed by atoms with Gasteiger partial charge in [-0.3, -0.25) is 9.48 Å². The molecule has 0 aliphatic rings. The molecular formula is C19H16Cl2N2O3. The van der Waals surface area contributed by atoms with Crippen LogP contribution in [0, 0.1) is 6.92 Å². The number of carbonyl (C=O) groups is 1. The Morgan fingerprint density at radius 1 is 1.27 bits per heavy atom. The summed E-state index contributed by atoms with van der Waals surface area (Å²) < 4.78 is 12.8. The van der Waals surface area contributed by atoms with Crippen molar-refractivity contribution in [3.05, 3.63) is 75.4 Å². The maximum atomic E-state index is 12.1. The van der Waals surface area contributed by atoms with Gasteiger partial charge in [0.15, 0.2) is 5.69 Å². The summed E-state index contributed by atoms with van der Waals surface area (Å²) >= 11 is 12.0. The van der Waals surface area contributed by atoms with Crippen LogP contribution in [0.1, 0.15) is 27.6 Å². The van der Waals surface area contributed by atoms with Crippen molar-refractivity contribution in [2.75, 3.05) is 0 Å². The lowest BCUT2D eigenvalue weighted by molar-refractivity contribution is 0.104. The van der Waals surface area contributed by atoms with E-state index in [0.29, 0.717) is 27.3 Å². The van der Waals surface area contributed by atoms with Gasteiger partial charge in [-0.25, -0.2) is 0 Å². The van der Waals surface area contributed by atoms with Crippen molar-refractivity contribution in [1.82, 2.24) is 9.78 Å². The number of allylic oxidation sites excluding steroid dienone is 1. The van der Waals surface area contributed by atoms with Crippen LogP contribution in [0.4, 0.5) is 0 Å². The molecule has 7 heteroatoms. The van der Waals surface area contributed by atoms with E-state index in [0.717, 1.165) is 5.56 Å². The van der Waals surface area contributed by atoms with Crippen LogP contribution in [0.3, 0.4) is 0 Å². The lowest BCUT2D eigenvalue weighted by Crippen LogP contribution is -1.98. The first-order valence-electron chi connectivity index (χ1n) is 7.81. The van der Waals surface area contributed by atoms with Gasteiger partial charge in [-0.2, -0.15) is 5.10 Å². The topological polar surface area (TPSA) is 57.3 Å². The largest absolute Gasteiger partial charge is 0.486 e. The molecule has 0 radical (unpaired) electrons. The molecule has 5 nitrogen and oxygen atoms in total. The summed E-state index contributed by atoms with van der Waals surface area (Å²) in [7, 11) is 1.70. The van der Waals surface area contributed by atoms with Crippen LogP contribution in [0.15, 0.2) is 47.0 Å². The number of furan rings is 1. The van der Waals surface area contributed by atoms with Gasteiger partial charge in [-0.05, 0) is 55.0 Å². The van der Waals surface area contributed by atoms with Crippen LogP contribution in [0.25, 0.3) is 6.08 Å². The maximum Gasteiger partial charge on any atom is 0.207 e. The molecular weight excluding hydrogens is 375 g/mol. The first-order valence-corrected chi connectivity index (χ1v) is 8.57. The fraction of sp³-hybridized carbons (Fsp3) is 0.158. The lowest BCUT2D eigenvalue weighted by atomic mass is 10.2. The van der Waals surface area contributed by atoms with Crippen molar-refractivity contribution in [2.45, 2.75) is 13.5 Å². The van der Waals surface area contributed by atoms with Crippen molar-refractivity contribution < 1.29 is 13.9 Å². The summed E-state index contributed by atoms with van der Waals surface area (Å²) in [5.41, 5.74) is 1.15. The van der Waals surface area contributed by atoms with Crippen molar-refractivity contribution in [3.63, 3.8) is 0 Å². The SMILES string of the molecule is Cc1cc(OCc2ccc(/C=C/C(=O)c3nn(C)cc3Cl)o2)ccc1Cl. The van der Waals surface area contributed by atoms with E-state index in [1.54, 1.807) is 43.6 Å². The Bertz CT molecular complexity index is 973. The summed E-state index contributed by atoms with van der Waals surface area (Å²) in [5, 5.41) is 5.04. The predicted molar refractivity (Wildman–Crippen MR) is 101 cm³/mol. The zero-order valence-electron chi connectivity index (χ0n) is 14.2. The highest BCUT2D eigenvalue weighted by Crippen LogP contribution is 2.22. The molecule has 134 valence electrons. The fourth-order valence-corrected chi connectivity index (χ4v) is 2.68. The Balaban J connectivity index is 1.61. The van der Waals surface area contributed by atoms with E-state index in [9.17, 15) is 4.79 Å². The van der Waals surface area contributed by atoms with E-state index < -0.39 is 0 Å². The van der Waals surface area contributed by atoms with Gasteiger partial charge >= 0.3 is 0 Å². The molecule has 0 bridgehead atoms. The molecule has 3 rings (SSSR count). The second kappa shape index (κ2) is 7.81. The molecule has 2 heterocycles. The smallest absolute Gasteiger partial charge is 0.207 e. The van der Waals surface area contributed by atoms with Crippen molar-refractivity contribution in [1.29, 1.82) is 0 Å². The van der Waals surface area contributed by atoms with Gasteiger partial charge in [0.25, 0.3) is 0 Å². The quantitative estimate of drug-likeness (QED) is 0.433. The molecule has 0 N–H and O–H groups in total. The van der Waals surface area contributed by atoms with E-state index >= 15 is 0 Å². The van der Waals surface area contributed by atoms with E-state index in [2.05, 4.69) is 5.10 Å². The third kappa shape index (κ3) is 4.36. The van der Waals surface area contributed by atoms with E-state index in [4.69, 9.17) is 32.4 Å². The van der Waals surface area contributed by atoms with Gasteiger partial charge in [0.1, 0.15) is 23.9 Å². The first-order chi connectivity index (χ1) is 12.4. The summed E-state index contributed by atoms with van der Waals surface area (Å²) in [6.45, 7) is 2.19. The molecule has 0 aliphatic carbocycles. The third-order valence-electron chi connectivity index (χ3n) is 3.61. The lowest BCUT2D eigenvalue weighted by Gasteiger charge is -2.05. The number of carbonyl (C=O) groups excluding carboxylic acids is 1. The van der Waals surface area contributed by atoms with Gasteiger partial charge in [-0.1, -0.05) is 23.2 Å². The highest BCUT2D eigenvalue weighted by Gasteiger charge is 2.12. The third-order valence-corrected chi connectivity index (χ3v) is 4.31. The number of aryl methyl sites for hydroxylation is 2. The van der Waals surface area contributed by atoms with Crippen LogP contribution in [0.5, 0.6) is 5.75 Å². The molecule has 0 amide bonds. The molecule has 1 aromatic carbocycles. The van der Waals surface area contributed by atoms with Crippen LogP contribution < -0.4 is 4.74 Å². The van der Waals surface area contributed by atoms with Crippen molar-refractivity contribution in [3.8, 4) is 5.75 Å². The normalized spacial score (nSPS) is 11.2. The minimum atomic E-state index is -0.290. The van der Waals surface area contributed by atoms with Gasteiger partial charge < -0.3 is 9.15 Å². The second-order valence-corrected chi connectivity index (χ2v) is 6.52. The number of halogens is 2. The number of ether oxygens (including phenoxy) is 1. The number of ketones is 1. The standard InChI is InChI=1S/C19H16Cl2N2O3/c1-12-9-14(5-7-16(12)20)25-11-15-4-3-13(26-15)6-8-18(24)19-17(21)10-23(2)22-19/h3-10H,11H2,1-2H3/b8-6+. The number of rotatable bonds is 6. The summed E-state index contributed by atoms with van der Waals surface area (Å²) in [6.07, 6.45) is 4.52. The number of aromatic nitrogens is 2. The summed E-state index contributed by atoms with van der Waals surface area (Å²) in [6, 6.07) is 9.00. The molecule has 0 saturated carbocycles. The van der Waals surface area contributed by atoms with Crippen molar-refractivity contribution in [2.24, 2.45) is 7.05 Å². The molecule has 0 aliphatic heterocycles. The monoisotopic (exact) mass is 390 g/mol. The zero-order valence-corrected chi connectivity index (χ0v) is 15.7. The number of benzene rings is 1. The van der Waals surface area contributed by atoms with Crippen LogP contribution >= 0.6 is 23.2 Å². The molecule has 0 fully saturated rings. The Hall–Kier alpha value is -2.50. The van der Waals surface area contributed by atoms with Gasteiger partial charge in [0.05, 0.1) is 5.02 Å². The molecule has 0 saturated heterocycles. The van der Waals surface area contributed by atoms with E-state index in [-0.39, 0.29) is 18.1 Å². The van der Waals surface area contributed by atoms with E-state index in [1.165, 1.54) is 10.8 Å². The van der Waals surface area contributed by atoms with E-state index in [1.807, 2.05) is 13.0 Å². The number of hydrogen-bond donors (Lipinski definition) is 0. The second-order valence-electron chi connectivity index (χ2n) is 5.70. The maximum absolute atomic E-state index is 12.1. The summed E-state index contributed by atoms with van der Waals surface area (Å²) in [5.74, 6) is 1.60. The number of nitrogens with zero attached hydrogens (tertiary/aromatic N) is 2. The fourth-order valence-electron chi connectivity index (χ4n) is 2.29. The highest BCUT2D eigenvalue weighted by molar-refractivity contribution is 6.34. The average Bonchev–Trinajstić information content (AvgIpc) is 3.19. The molecule has 2 aromatic heterocycles. The van der Waals surface area contributed by atoms with Crippen LogP contribution in [-0.2, 0) is 13.7 Å². The average molecular weight is 391 g/mol. The molecule has 26 heavy (non-hydrogen) atoms. The Morgan fingerprint density at radius 2 is 2.08 bits per heavy atom. The van der Waals surface area contributed by atoms with Crippen LogP contribution in [-0.4, -0.2) is 15.6 Å². The predicted octanol–water partition coefficient (Wildman–Crippen LogP) is 5.10.